The monoisotopic (exact) mass is 1010 g/mol. The molecule has 9 aromatic carbocycles. The Morgan fingerprint density at radius 3 is 1.21 bits per heavy atom. The van der Waals surface area contributed by atoms with E-state index in [2.05, 4.69) is 228 Å². The summed E-state index contributed by atoms with van der Waals surface area (Å²) in [6.07, 6.45) is 3.78. The SMILES string of the molecule is Cc1cc2c3c(c1)N(c1ccc(-c4coc5ccccc45)cc1-c1ccccc1)c1oc4ccc(C(C)(C)C)cc4c1B3c1c(oc3ccc(C(C)(C)C)cc13)N2c1ccc(-c2coc3ccccc23)cc1-c1ccccc1. The minimum absolute atomic E-state index is 0.123. The molecular formula is C71H55BN2O4. The standard InChI is InChI=1S/C71H55BN2O4/c1-42-34-59-67-60(35-42)74(58-31-27-46(37-52(58)44-20-12-9-13-21-44)56-41-76-62-25-17-15-23-50(56)62)69-66(54-39-48(71(5,6)7)29-33-64(54)78-69)72(67)65-53-38-47(70(2,3)4)28-32-63(53)77-68(65)73(59)57-30-26-45(36-51(57)43-18-10-8-11-19-43)55-40-75-61-24-16-14-22-49(55)61/h8-41H,1-7H3. The highest BCUT2D eigenvalue weighted by Gasteiger charge is 2.49. The third-order valence-electron chi connectivity index (χ3n) is 16.4. The molecule has 376 valence electrons. The van der Waals surface area contributed by atoms with Gasteiger partial charge in [0.2, 0.25) is 11.8 Å². The molecule has 0 fully saturated rings. The molecule has 4 aromatic heterocycles. The number of hydrogen-bond donors (Lipinski definition) is 0. The molecule has 0 spiro atoms. The van der Waals surface area contributed by atoms with Gasteiger partial charge in [-0.05, 0) is 135 Å². The number of anilines is 6. The Morgan fingerprint density at radius 1 is 0.346 bits per heavy atom. The Kier molecular flexibility index (Phi) is 10.00. The molecule has 78 heavy (non-hydrogen) atoms. The molecule has 2 aliphatic rings. The van der Waals surface area contributed by atoms with E-state index in [1.807, 2.05) is 36.8 Å². The maximum Gasteiger partial charge on any atom is 0.262 e. The molecule has 0 atom stereocenters. The topological polar surface area (TPSA) is 59.0 Å². The molecule has 2 aliphatic heterocycles. The van der Waals surface area contributed by atoms with E-state index in [-0.39, 0.29) is 17.5 Å². The Hall–Kier alpha value is -9.20. The molecule has 0 amide bonds. The Labute approximate surface area is 453 Å². The van der Waals surface area contributed by atoms with Crippen molar-refractivity contribution >= 4 is 101 Å². The summed E-state index contributed by atoms with van der Waals surface area (Å²) in [4.78, 5) is 4.84. The summed E-state index contributed by atoms with van der Waals surface area (Å²) in [5.41, 5.74) is 22.8. The van der Waals surface area contributed by atoms with Gasteiger partial charge >= 0.3 is 0 Å². The van der Waals surface area contributed by atoms with Gasteiger partial charge in [0.25, 0.3) is 6.71 Å². The summed E-state index contributed by atoms with van der Waals surface area (Å²) in [6.45, 7) is 15.7. The van der Waals surface area contributed by atoms with E-state index in [0.29, 0.717) is 0 Å². The van der Waals surface area contributed by atoms with E-state index in [1.165, 1.54) is 16.6 Å². The third kappa shape index (κ3) is 7.03. The predicted octanol–water partition coefficient (Wildman–Crippen LogP) is 18.3. The summed E-state index contributed by atoms with van der Waals surface area (Å²) in [6, 6.07) is 70.1. The summed E-state index contributed by atoms with van der Waals surface area (Å²) < 4.78 is 27.3. The molecule has 13 aromatic rings. The van der Waals surface area contributed by atoms with Crippen LogP contribution in [0.2, 0.25) is 0 Å². The van der Waals surface area contributed by atoms with Crippen LogP contribution in [0.4, 0.5) is 34.5 Å². The fraction of sp³-hybridized carbons (Fsp3) is 0.127. The van der Waals surface area contributed by atoms with Crippen molar-refractivity contribution in [3.63, 3.8) is 0 Å². The second kappa shape index (κ2) is 16.9. The van der Waals surface area contributed by atoms with E-state index < -0.39 is 0 Å². The number of hydrogen-bond acceptors (Lipinski definition) is 6. The fourth-order valence-corrected chi connectivity index (χ4v) is 12.5. The lowest BCUT2D eigenvalue weighted by molar-refractivity contribution is 0.589. The van der Waals surface area contributed by atoms with E-state index in [4.69, 9.17) is 17.7 Å². The van der Waals surface area contributed by atoms with E-state index in [9.17, 15) is 0 Å². The first-order valence-electron chi connectivity index (χ1n) is 27.1. The zero-order valence-electron chi connectivity index (χ0n) is 44.7. The van der Waals surface area contributed by atoms with E-state index in [0.717, 1.165) is 139 Å². The number of benzene rings is 9. The Balaban J connectivity index is 1.06. The maximum atomic E-state index is 7.48. The van der Waals surface area contributed by atoms with Gasteiger partial charge in [-0.1, -0.05) is 163 Å². The van der Waals surface area contributed by atoms with Crippen molar-refractivity contribution in [1.82, 2.24) is 0 Å². The smallest absolute Gasteiger partial charge is 0.262 e. The van der Waals surface area contributed by atoms with Gasteiger partial charge in [-0.25, -0.2) is 0 Å². The van der Waals surface area contributed by atoms with Gasteiger partial charge in [-0.15, -0.1) is 0 Å². The lowest BCUT2D eigenvalue weighted by atomic mass is 9.33. The van der Waals surface area contributed by atoms with Crippen molar-refractivity contribution in [3.8, 4) is 44.5 Å². The van der Waals surface area contributed by atoms with Crippen molar-refractivity contribution in [1.29, 1.82) is 0 Å². The Bertz CT molecular complexity index is 4270. The largest absolute Gasteiger partial charge is 0.464 e. The second-order valence-corrected chi connectivity index (χ2v) is 23.4. The van der Waals surface area contributed by atoms with Gasteiger partial charge in [0.1, 0.15) is 22.3 Å². The highest BCUT2D eigenvalue weighted by molar-refractivity contribution is 7.02. The van der Waals surface area contributed by atoms with Gasteiger partial charge in [0.15, 0.2) is 0 Å². The molecule has 7 heteroatoms. The molecule has 0 saturated carbocycles. The van der Waals surface area contributed by atoms with Crippen LogP contribution in [0.25, 0.3) is 88.4 Å². The number of aryl methyl sites for hydroxylation is 1. The van der Waals surface area contributed by atoms with Gasteiger partial charge in [0.05, 0.1) is 23.9 Å². The van der Waals surface area contributed by atoms with Crippen molar-refractivity contribution < 1.29 is 17.7 Å². The van der Waals surface area contributed by atoms with E-state index >= 15 is 0 Å². The van der Waals surface area contributed by atoms with Crippen LogP contribution in [-0.2, 0) is 10.8 Å². The molecule has 0 aliphatic carbocycles. The number of para-hydroxylation sites is 2. The third-order valence-corrected chi connectivity index (χ3v) is 16.4. The number of rotatable bonds is 6. The lowest BCUT2D eigenvalue weighted by Crippen LogP contribution is -2.61. The highest BCUT2D eigenvalue weighted by Crippen LogP contribution is 2.52. The van der Waals surface area contributed by atoms with Crippen LogP contribution in [0.15, 0.2) is 224 Å². The van der Waals surface area contributed by atoms with Crippen molar-refractivity contribution in [3.05, 3.63) is 223 Å². The van der Waals surface area contributed by atoms with Crippen molar-refractivity contribution in [2.24, 2.45) is 0 Å². The Morgan fingerprint density at radius 2 is 0.769 bits per heavy atom. The van der Waals surface area contributed by atoms with Crippen molar-refractivity contribution in [2.45, 2.75) is 59.3 Å². The molecule has 0 saturated heterocycles. The quantitative estimate of drug-likeness (QED) is 0.155. The number of fused-ring (bicyclic) bond motifs is 10. The average Bonchev–Trinajstić information content (AvgIpc) is 3.72. The zero-order valence-corrected chi connectivity index (χ0v) is 44.7. The first-order valence-corrected chi connectivity index (χ1v) is 27.1. The average molecular weight is 1010 g/mol. The molecule has 0 N–H and O–H groups in total. The van der Waals surface area contributed by atoms with Crippen LogP contribution in [0.3, 0.4) is 0 Å². The van der Waals surface area contributed by atoms with Gasteiger partial charge < -0.3 is 17.7 Å². The summed E-state index contributed by atoms with van der Waals surface area (Å²) >= 11 is 0. The first-order chi connectivity index (χ1) is 37.9. The van der Waals surface area contributed by atoms with E-state index in [1.54, 1.807) is 0 Å². The number of furan rings is 4. The molecule has 0 unspecified atom stereocenters. The number of nitrogens with zero attached hydrogens (tertiary/aromatic N) is 2. The minimum Gasteiger partial charge on any atom is -0.464 e. The van der Waals surface area contributed by atoms with Crippen LogP contribution >= 0.6 is 0 Å². The van der Waals surface area contributed by atoms with Crippen LogP contribution in [-0.4, -0.2) is 6.71 Å². The van der Waals surface area contributed by atoms with Crippen LogP contribution in [0.5, 0.6) is 0 Å². The highest BCUT2D eigenvalue weighted by atomic mass is 16.4. The predicted molar refractivity (Wildman–Crippen MR) is 323 cm³/mol. The second-order valence-electron chi connectivity index (χ2n) is 23.4. The molecular weight excluding hydrogens is 956 g/mol. The van der Waals surface area contributed by atoms with Gasteiger partial charge in [-0.3, -0.25) is 9.80 Å². The lowest BCUT2D eigenvalue weighted by Gasteiger charge is -2.41. The summed E-state index contributed by atoms with van der Waals surface area (Å²) in [7, 11) is 0. The van der Waals surface area contributed by atoms with Gasteiger partial charge in [0, 0.05) is 66.1 Å². The summed E-state index contributed by atoms with van der Waals surface area (Å²) in [5.74, 6) is 1.59. The van der Waals surface area contributed by atoms with Gasteiger partial charge in [-0.2, -0.15) is 0 Å². The molecule has 0 bridgehead atoms. The zero-order chi connectivity index (χ0) is 52.8. The first kappa shape index (κ1) is 46.1. The van der Waals surface area contributed by atoms with Crippen LogP contribution < -0.4 is 26.2 Å². The maximum absolute atomic E-state index is 7.48. The normalized spacial score (nSPS) is 13.2. The fourth-order valence-electron chi connectivity index (χ4n) is 12.5. The summed E-state index contributed by atoms with van der Waals surface area (Å²) in [5, 5.41) is 4.33. The molecule has 15 rings (SSSR count). The molecule has 6 nitrogen and oxygen atoms in total. The van der Waals surface area contributed by atoms with Crippen LogP contribution in [0, 0.1) is 6.92 Å². The minimum atomic E-state index is -0.283. The van der Waals surface area contributed by atoms with Crippen molar-refractivity contribution in [2.75, 3.05) is 9.80 Å². The molecule has 6 heterocycles. The molecule has 0 radical (unpaired) electrons. The van der Waals surface area contributed by atoms with Crippen LogP contribution in [0.1, 0.15) is 58.2 Å².